The highest BCUT2D eigenvalue weighted by Crippen LogP contribution is 2.23. The van der Waals surface area contributed by atoms with Crippen LogP contribution < -0.4 is 5.56 Å². The van der Waals surface area contributed by atoms with Gasteiger partial charge >= 0.3 is 5.97 Å². The van der Waals surface area contributed by atoms with Gasteiger partial charge in [0.05, 0.1) is 12.9 Å². The van der Waals surface area contributed by atoms with Crippen LogP contribution in [0.2, 0.25) is 0 Å². The van der Waals surface area contributed by atoms with Crippen LogP contribution in [0.5, 0.6) is 0 Å². The number of ether oxygens (including phenoxy) is 1. The Morgan fingerprint density at radius 3 is 3.00 bits per heavy atom. The van der Waals surface area contributed by atoms with Crippen molar-refractivity contribution in [3.8, 4) is 0 Å². The van der Waals surface area contributed by atoms with E-state index in [0.717, 1.165) is 11.8 Å². The topological polar surface area (TPSA) is 74.3 Å². The van der Waals surface area contributed by atoms with Gasteiger partial charge in [0.2, 0.25) is 5.58 Å². The zero-order valence-corrected chi connectivity index (χ0v) is 11.5. The minimum Gasteiger partial charge on any atom is -0.464 e. The molecule has 0 aliphatic heterocycles. The molecule has 21 heavy (non-hydrogen) atoms. The van der Waals surface area contributed by atoms with Crippen LogP contribution >= 0.6 is 0 Å². The highest BCUT2D eigenvalue weighted by Gasteiger charge is 2.14. The van der Waals surface area contributed by atoms with Crippen molar-refractivity contribution in [2.45, 2.75) is 19.9 Å². The molecule has 0 radical (unpaired) electrons. The first-order valence-corrected chi connectivity index (χ1v) is 6.73. The van der Waals surface area contributed by atoms with Crippen LogP contribution in [-0.2, 0) is 16.1 Å². The molecule has 0 fully saturated rings. The average Bonchev–Trinajstić information content (AvgIpc) is 2.87. The van der Waals surface area contributed by atoms with Crippen LogP contribution in [0.25, 0.3) is 22.1 Å². The molecule has 3 aromatic rings. The van der Waals surface area contributed by atoms with Crippen molar-refractivity contribution in [2.24, 2.45) is 0 Å². The Morgan fingerprint density at radius 2 is 2.19 bits per heavy atom. The van der Waals surface area contributed by atoms with Crippen molar-refractivity contribution >= 4 is 28.0 Å². The van der Waals surface area contributed by atoms with E-state index in [2.05, 4.69) is 4.98 Å². The van der Waals surface area contributed by atoms with Gasteiger partial charge in [0.1, 0.15) is 17.6 Å². The lowest BCUT2D eigenvalue weighted by Crippen LogP contribution is -2.25. The van der Waals surface area contributed by atoms with Gasteiger partial charge in [-0.05, 0) is 18.6 Å². The molecule has 2 aromatic heterocycles. The third-order valence-corrected chi connectivity index (χ3v) is 3.12. The van der Waals surface area contributed by atoms with E-state index in [0.29, 0.717) is 17.7 Å². The number of hydrogen-bond acceptors (Lipinski definition) is 5. The van der Waals surface area contributed by atoms with Crippen molar-refractivity contribution in [1.82, 2.24) is 9.55 Å². The molecular weight excluding hydrogens is 272 g/mol. The molecule has 3 rings (SSSR count). The molecule has 6 nitrogen and oxygen atoms in total. The first kappa shape index (κ1) is 13.4. The second-order valence-corrected chi connectivity index (χ2v) is 4.67. The number of nitrogens with zero attached hydrogens (tertiary/aromatic N) is 2. The molecule has 0 aliphatic carbocycles. The SMILES string of the molecule is CCCOC(=O)Cn1cnc2c(oc3ccccc32)c1=O. The van der Waals surface area contributed by atoms with Crippen molar-refractivity contribution in [3.63, 3.8) is 0 Å². The molecule has 0 aliphatic rings. The molecular formula is C15H14N2O4. The largest absolute Gasteiger partial charge is 0.464 e. The number of aromatic nitrogens is 2. The predicted octanol–water partition coefficient (Wildman–Crippen LogP) is 2.10. The lowest BCUT2D eigenvalue weighted by molar-refractivity contribution is -0.144. The molecule has 0 unspecified atom stereocenters. The normalized spacial score (nSPS) is 11.1. The molecule has 1 aromatic carbocycles. The predicted molar refractivity (Wildman–Crippen MR) is 77.0 cm³/mol. The Labute approximate surface area is 119 Å². The van der Waals surface area contributed by atoms with Crippen LogP contribution in [0.15, 0.2) is 39.8 Å². The van der Waals surface area contributed by atoms with Gasteiger partial charge in [0.15, 0.2) is 0 Å². The van der Waals surface area contributed by atoms with E-state index in [1.165, 1.54) is 10.9 Å². The van der Waals surface area contributed by atoms with Gasteiger partial charge in [-0.15, -0.1) is 0 Å². The summed E-state index contributed by atoms with van der Waals surface area (Å²) in [4.78, 5) is 28.1. The summed E-state index contributed by atoms with van der Waals surface area (Å²) < 4.78 is 11.7. The molecule has 0 spiro atoms. The number of rotatable bonds is 4. The fraction of sp³-hybridized carbons (Fsp3) is 0.267. The highest BCUT2D eigenvalue weighted by molar-refractivity contribution is 6.01. The molecule has 0 N–H and O–H groups in total. The second-order valence-electron chi connectivity index (χ2n) is 4.67. The van der Waals surface area contributed by atoms with E-state index in [1.54, 1.807) is 6.07 Å². The van der Waals surface area contributed by atoms with E-state index in [1.807, 2.05) is 25.1 Å². The van der Waals surface area contributed by atoms with E-state index in [9.17, 15) is 9.59 Å². The van der Waals surface area contributed by atoms with E-state index >= 15 is 0 Å². The summed E-state index contributed by atoms with van der Waals surface area (Å²) in [7, 11) is 0. The standard InChI is InChI=1S/C15H14N2O4/c1-2-7-20-12(18)8-17-9-16-13-10-5-3-4-6-11(10)21-14(13)15(17)19/h3-6,9H,2,7-8H2,1H3. The number of furan rings is 1. The lowest BCUT2D eigenvalue weighted by Gasteiger charge is -2.04. The Hall–Kier alpha value is -2.63. The molecule has 0 amide bonds. The average molecular weight is 286 g/mol. The van der Waals surface area contributed by atoms with E-state index in [4.69, 9.17) is 9.15 Å². The number of benzene rings is 1. The Balaban J connectivity index is 2.02. The van der Waals surface area contributed by atoms with Crippen LogP contribution in [0, 0.1) is 0 Å². The van der Waals surface area contributed by atoms with Crippen molar-refractivity contribution in [3.05, 3.63) is 40.9 Å². The summed E-state index contributed by atoms with van der Waals surface area (Å²) in [6.45, 7) is 2.08. The zero-order chi connectivity index (χ0) is 14.8. The highest BCUT2D eigenvalue weighted by atomic mass is 16.5. The fourth-order valence-corrected chi connectivity index (χ4v) is 2.13. The lowest BCUT2D eigenvalue weighted by atomic mass is 10.2. The number of fused-ring (bicyclic) bond motifs is 3. The Bertz CT molecular complexity index is 863. The van der Waals surface area contributed by atoms with Gasteiger partial charge in [0.25, 0.3) is 5.56 Å². The van der Waals surface area contributed by atoms with Gasteiger partial charge in [-0.25, -0.2) is 4.98 Å². The third kappa shape index (κ3) is 2.40. The zero-order valence-electron chi connectivity index (χ0n) is 11.5. The summed E-state index contributed by atoms with van der Waals surface area (Å²) in [6.07, 6.45) is 2.08. The van der Waals surface area contributed by atoms with Crippen molar-refractivity contribution in [1.29, 1.82) is 0 Å². The maximum atomic E-state index is 12.3. The van der Waals surface area contributed by atoms with Gasteiger partial charge in [-0.3, -0.25) is 14.2 Å². The molecule has 0 saturated heterocycles. The van der Waals surface area contributed by atoms with Gasteiger partial charge in [-0.2, -0.15) is 0 Å². The first-order valence-electron chi connectivity index (χ1n) is 6.73. The van der Waals surface area contributed by atoms with Crippen LogP contribution in [0.3, 0.4) is 0 Å². The van der Waals surface area contributed by atoms with Gasteiger partial charge in [0, 0.05) is 5.39 Å². The second kappa shape index (κ2) is 5.40. The minimum atomic E-state index is -0.462. The third-order valence-electron chi connectivity index (χ3n) is 3.12. The van der Waals surface area contributed by atoms with E-state index in [-0.39, 0.29) is 17.7 Å². The molecule has 0 atom stereocenters. The summed E-state index contributed by atoms with van der Waals surface area (Å²) in [5.74, 6) is -0.462. The summed E-state index contributed by atoms with van der Waals surface area (Å²) in [5, 5.41) is 0.783. The van der Waals surface area contributed by atoms with Crippen LogP contribution in [0.4, 0.5) is 0 Å². The van der Waals surface area contributed by atoms with E-state index < -0.39 is 5.97 Å². The van der Waals surface area contributed by atoms with Crippen LogP contribution in [0.1, 0.15) is 13.3 Å². The van der Waals surface area contributed by atoms with Crippen LogP contribution in [-0.4, -0.2) is 22.1 Å². The molecule has 108 valence electrons. The summed E-state index contributed by atoms with van der Waals surface area (Å²) in [5.41, 5.74) is 0.879. The number of esters is 1. The smallest absolute Gasteiger partial charge is 0.326 e. The summed E-state index contributed by atoms with van der Waals surface area (Å²) in [6, 6.07) is 7.29. The number of carbonyl (C=O) groups is 1. The monoisotopic (exact) mass is 286 g/mol. The number of para-hydroxylation sites is 1. The molecule has 2 heterocycles. The van der Waals surface area contributed by atoms with Gasteiger partial charge < -0.3 is 9.15 Å². The minimum absolute atomic E-state index is 0.155. The molecule has 0 bridgehead atoms. The Morgan fingerprint density at radius 1 is 1.38 bits per heavy atom. The number of hydrogen-bond donors (Lipinski definition) is 0. The maximum Gasteiger partial charge on any atom is 0.326 e. The fourth-order valence-electron chi connectivity index (χ4n) is 2.13. The maximum absolute atomic E-state index is 12.3. The quantitative estimate of drug-likeness (QED) is 0.687. The Kier molecular flexibility index (Phi) is 3.43. The molecule has 6 heteroatoms. The summed E-state index contributed by atoms with van der Waals surface area (Å²) >= 11 is 0. The van der Waals surface area contributed by atoms with Crippen molar-refractivity contribution < 1.29 is 13.9 Å². The number of carbonyl (C=O) groups excluding carboxylic acids is 1. The molecule has 0 saturated carbocycles. The van der Waals surface area contributed by atoms with Gasteiger partial charge in [-0.1, -0.05) is 19.1 Å². The first-order chi connectivity index (χ1) is 10.2. The van der Waals surface area contributed by atoms with Crippen molar-refractivity contribution in [2.75, 3.05) is 6.61 Å².